The van der Waals surface area contributed by atoms with Crippen molar-refractivity contribution in [2.75, 3.05) is 33.4 Å². The Hall–Kier alpha value is -1.62. The summed E-state index contributed by atoms with van der Waals surface area (Å²) in [6, 6.07) is 4.10. The van der Waals surface area contributed by atoms with Gasteiger partial charge in [-0.2, -0.15) is 0 Å². The maximum Gasteiger partial charge on any atom is 0.342 e. The van der Waals surface area contributed by atoms with Crippen molar-refractivity contribution in [2.45, 2.75) is 131 Å². The van der Waals surface area contributed by atoms with Crippen LogP contribution in [0.1, 0.15) is 88.2 Å². The van der Waals surface area contributed by atoms with Crippen LogP contribution in [-0.2, 0) is 20.6 Å². The topological polar surface area (TPSA) is 63.2 Å². The average molecular weight is 661 g/mol. The molecule has 45 heavy (non-hydrogen) atoms. The normalized spacial score (nSPS) is 21.8. The largest absolute Gasteiger partial charge is 0.467 e. The molecule has 2 atom stereocenters. The Morgan fingerprint density at radius 2 is 1.51 bits per heavy atom. The first-order valence-electron chi connectivity index (χ1n) is 17.3. The van der Waals surface area contributed by atoms with Gasteiger partial charge in [-0.1, -0.05) is 77.6 Å². The second kappa shape index (κ2) is 15.5. The van der Waals surface area contributed by atoms with E-state index >= 15 is 0 Å². The highest BCUT2D eigenvalue weighted by atomic mass is 28.3. The van der Waals surface area contributed by atoms with E-state index in [4.69, 9.17) is 23.7 Å². The Bertz CT molecular complexity index is 1190. The third-order valence-corrected chi connectivity index (χ3v) is 13.6. The molecule has 0 heterocycles. The van der Waals surface area contributed by atoms with Gasteiger partial charge in [0, 0.05) is 41.3 Å². The van der Waals surface area contributed by atoms with Gasteiger partial charge in [0.25, 0.3) is 0 Å². The summed E-state index contributed by atoms with van der Waals surface area (Å²) < 4.78 is 30.5. The van der Waals surface area contributed by atoms with Gasteiger partial charge in [-0.25, -0.2) is 4.79 Å². The van der Waals surface area contributed by atoms with Crippen LogP contribution in [-0.4, -0.2) is 55.5 Å². The second-order valence-corrected chi connectivity index (χ2v) is 28.1. The molecule has 0 bridgehead atoms. The maximum absolute atomic E-state index is 13.5. The Morgan fingerprint density at radius 3 is 2.09 bits per heavy atom. The predicted molar refractivity (Wildman–Crippen MR) is 191 cm³/mol. The standard InChI is InChI=1S/C37H64O6Si2/c1-13-41-35(38)33-28(3)23-31(42-25-39-19-21-44(7,8)9)29(34(33)43-26-40-20-22-45(10,11)12)24-30-27(2)15-16-32-36(4,5)17-14-18-37(30,32)6/h23,32H,13-22,24-26H2,1-12H3/t32-,37+/m1/s1. The monoisotopic (exact) mass is 660 g/mol. The summed E-state index contributed by atoms with van der Waals surface area (Å²) in [5.74, 6) is 1.48. The molecule has 0 aliphatic heterocycles. The van der Waals surface area contributed by atoms with Gasteiger partial charge in [0.05, 0.1) is 6.61 Å². The quantitative estimate of drug-likeness (QED) is 0.0578. The van der Waals surface area contributed by atoms with Crippen molar-refractivity contribution >= 4 is 22.1 Å². The molecule has 0 amide bonds. The molecule has 0 radical (unpaired) electrons. The van der Waals surface area contributed by atoms with Crippen molar-refractivity contribution in [1.29, 1.82) is 0 Å². The number of hydrogen-bond donors (Lipinski definition) is 0. The van der Waals surface area contributed by atoms with Gasteiger partial charge in [0.2, 0.25) is 0 Å². The third kappa shape index (κ3) is 10.2. The summed E-state index contributed by atoms with van der Waals surface area (Å²) in [5.41, 5.74) is 5.42. The van der Waals surface area contributed by atoms with Gasteiger partial charge >= 0.3 is 5.97 Å². The molecule has 6 nitrogen and oxygen atoms in total. The molecule has 256 valence electrons. The van der Waals surface area contributed by atoms with E-state index in [1.165, 1.54) is 36.8 Å². The van der Waals surface area contributed by atoms with E-state index in [2.05, 4.69) is 67.0 Å². The first kappa shape index (κ1) is 37.8. The lowest BCUT2D eigenvalue weighted by Gasteiger charge is -2.55. The first-order chi connectivity index (χ1) is 20.9. The fourth-order valence-corrected chi connectivity index (χ4v) is 9.03. The fourth-order valence-electron chi connectivity index (χ4n) is 7.51. The Morgan fingerprint density at radius 1 is 0.911 bits per heavy atom. The average Bonchev–Trinajstić information content (AvgIpc) is 2.89. The molecular formula is C37H64O6Si2. The lowest BCUT2D eigenvalue weighted by molar-refractivity contribution is 0.00928. The summed E-state index contributed by atoms with van der Waals surface area (Å²) in [4.78, 5) is 13.5. The summed E-state index contributed by atoms with van der Waals surface area (Å²) >= 11 is 0. The Labute approximate surface area is 277 Å². The van der Waals surface area contributed by atoms with Crippen molar-refractivity contribution in [3.63, 3.8) is 0 Å². The van der Waals surface area contributed by atoms with Crippen LogP contribution >= 0.6 is 0 Å². The number of esters is 1. The van der Waals surface area contributed by atoms with E-state index in [1.807, 2.05) is 19.9 Å². The summed E-state index contributed by atoms with van der Waals surface area (Å²) in [7, 11) is -2.48. The Balaban J connectivity index is 2.07. The number of aryl methyl sites for hydroxylation is 1. The molecule has 2 aliphatic carbocycles. The lowest BCUT2D eigenvalue weighted by Crippen LogP contribution is -2.45. The zero-order valence-corrected chi connectivity index (χ0v) is 32.8. The molecule has 0 aromatic heterocycles. The lowest BCUT2D eigenvalue weighted by atomic mass is 9.50. The van der Waals surface area contributed by atoms with E-state index in [1.54, 1.807) is 0 Å². The van der Waals surface area contributed by atoms with Gasteiger partial charge in [-0.3, -0.25) is 0 Å². The molecule has 1 aromatic carbocycles. The van der Waals surface area contributed by atoms with Gasteiger partial charge in [-0.05, 0) is 86.9 Å². The van der Waals surface area contributed by atoms with Crippen LogP contribution < -0.4 is 9.47 Å². The van der Waals surface area contributed by atoms with E-state index in [-0.39, 0.29) is 30.4 Å². The fraction of sp³-hybridized carbons (Fsp3) is 0.757. The van der Waals surface area contributed by atoms with Crippen molar-refractivity contribution in [3.8, 4) is 11.5 Å². The molecule has 1 fully saturated rings. The maximum atomic E-state index is 13.5. The van der Waals surface area contributed by atoms with Crippen LogP contribution in [0, 0.1) is 23.7 Å². The highest BCUT2D eigenvalue weighted by Gasteiger charge is 2.50. The molecule has 2 aliphatic rings. The molecule has 1 aromatic rings. The van der Waals surface area contributed by atoms with Crippen LogP contribution in [0.3, 0.4) is 0 Å². The zero-order chi connectivity index (χ0) is 33.6. The SMILES string of the molecule is CCOC(=O)c1c(C)cc(OCOCC[Si](C)(C)C)c(CC2=C(C)CC[C@@H]3C(C)(C)CCC[C@@]23C)c1OCOCC[Si](C)(C)C. The summed E-state index contributed by atoms with van der Waals surface area (Å²) in [6.07, 6.45) is 6.65. The number of ether oxygens (including phenoxy) is 5. The third-order valence-electron chi connectivity index (χ3n) is 10.2. The van der Waals surface area contributed by atoms with Gasteiger partial charge < -0.3 is 23.7 Å². The number of rotatable bonds is 16. The van der Waals surface area contributed by atoms with E-state index < -0.39 is 16.1 Å². The molecule has 3 rings (SSSR count). The van der Waals surface area contributed by atoms with Gasteiger partial charge in [0.15, 0.2) is 13.6 Å². The van der Waals surface area contributed by atoms with Gasteiger partial charge in [0.1, 0.15) is 17.1 Å². The number of hydrogen-bond acceptors (Lipinski definition) is 6. The van der Waals surface area contributed by atoms with E-state index in [9.17, 15) is 4.79 Å². The highest BCUT2D eigenvalue weighted by Crippen LogP contribution is 2.60. The van der Waals surface area contributed by atoms with Crippen LogP contribution in [0.5, 0.6) is 11.5 Å². The minimum Gasteiger partial charge on any atom is -0.467 e. The second-order valence-electron chi connectivity index (χ2n) is 16.8. The Kier molecular flexibility index (Phi) is 13.1. The number of benzene rings is 1. The first-order valence-corrected chi connectivity index (χ1v) is 24.7. The van der Waals surface area contributed by atoms with Crippen LogP contribution in [0.15, 0.2) is 17.2 Å². The number of carbonyl (C=O) groups excluding carboxylic acids is 1. The van der Waals surface area contributed by atoms with E-state index in [0.29, 0.717) is 49.2 Å². The molecule has 8 heteroatoms. The van der Waals surface area contributed by atoms with E-state index in [0.717, 1.165) is 29.6 Å². The molecule has 0 unspecified atom stereocenters. The van der Waals surface area contributed by atoms with Crippen molar-refractivity contribution in [2.24, 2.45) is 16.7 Å². The molecule has 0 spiro atoms. The summed E-state index contributed by atoms with van der Waals surface area (Å²) in [6.45, 7) is 29.4. The zero-order valence-electron chi connectivity index (χ0n) is 30.8. The molecular weight excluding hydrogens is 597 g/mol. The van der Waals surface area contributed by atoms with Crippen molar-refractivity contribution < 1.29 is 28.5 Å². The summed E-state index contributed by atoms with van der Waals surface area (Å²) in [5, 5.41) is 0. The number of allylic oxidation sites excluding steroid dienone is 2. The van der Waals surface area contributed by atoms with Crippen molar-refractivity contribution in [1.82, 2.24) is 0 Å². The van der Waals surface area contributed by atoms with Crippen LogP contribution in [0.25, 0.3) is 0 Å². The van der Waals surface area contributed by atoms with Crippen molar-refractivity contribution in [3.05, 3.63) is 33.9 Å². The predicted octanol–water partition coefficient (Wildman–Crippen LogP) is 10.0. The molecule has 1 saturated carbocycles. The van der Waals surface area contributed by atoms with Crippen LogP contribution in [0.2, 0.25) is 51.4 Å². The highest BCUT2D eigenvalue weighted by molar-refractivity contribution is 6.76. The smallest absolute Gasteiger partial charge is 0.342 e. The minimum absolute atomic E-state index is 0.0739. The van der Waals surface area contributed by atoms with Gasteiger partial charge in [-0.15, -0.1) is 0 Å². The molecule has 0 saturated heterocycles. The minimum atomic E-state index is -1.25. The number of fused-ring (bicyclic) bond motifs is 1. The molecule has 0 N–H and O–H groups in total. The van der Waals surface area contributed by atoms with Crippen LogP contribution in [0.4, 0.5) is 0 Å². The number of carbonyl (C=O) groups is 1.